The number of imide groups is 1. The number of urea groups is 1. The molecule has 8 heteroatoms. The van der Waals surface area contributed by atoms with E-state index in [0.29, 0.717) is 19.7 Å². The van der Waals surface area contributed by atoms with E-state index in [-0.39, 0.29) is 6.10 Å². The molecule has 2 aromatic rings. The van der Waals surface area contributed by atoms with E-state index in [1.807, 2.05) is 40.6 Å². The number of hydrogen-bond acceptors (Lipinski definition) is 6. The van der Waals surface area contributed by atoms with Gasteiger partial charge < -0.3 is 10.5 Å². The Hall–Kier alpha value is -2.29. The van der Waals surface area contributed by atoms with Crippen LogP contribution in [0.3, 0.4) is 0 Å². The summed E-state index contributed by atoms with van der Waals surface area (Å²) in [4.78, 5) is 29.9. The van der Waals surface area contributed by atoms with Crippen molar-refractivity contribution in [1.82, 2.24) is 15.2 Å². The third kappa shape index (κ3) is 3.78. The molecular formula is C16H18N4O3S. The molecule has 2 atom stereocenters. The lowest BCUT2D eigenvalue weighted by atomic mass is 10.0. The van der Waals surface area contributed by atoms with Crippen LogP contribution in [0.1, 0.15) is 22.7 Å². The minimum absolute atomic E-state index is 0.189. The summed E-state index contributed by atoms with van der Waals surface area (Å²) in [5, 5.41) is 4.96. The summed E-state index contributed by atoms with van der Waals surface area (Å²) < 4.78 is 5.78. The minimum atomic E-state index is -0.856. The van der Waals surface area contributed by atoms with Crippen molar-refractivity contribution in [2.24, 2.45) is 5.73 Å². The van der Waals surface area contributed by atoms with E-state index in [4.69, 9.17) is 10.5 Å². The molecule has 1 aromatic heterocycles. The number of morpholine rings is 1. The van der Waals surface area contributed by atoms with Gasteiger partial charge in [-0.15, -0.1) is 11.3 Å². The molecule has 1 aliphatic heterocycles. The van der Waals surface area contributed by atoms with E-state index < -0.39 is 18.0 Å². The first-order valence-electron chi connectivity index (χ1n) is 7.55. The first kappa shape index (κ1) is 16.6. The zero-order valence-corrected chi connectivity index (χ0v) is 13.7. The van der Waals surface area contributed by atoms with Crippen molar-refractivity contribution in [2.75, 3.05) is 19.7 Å². The molecule has 0 aliphatic carbocycles. The van der Waals surface area contributed by atoms with Crippen LogP contribution in [0.4, 0.5) is 4.79 Å². The Morgan fingerprint density at radius 3 is 2.83 bits per heavy atom. The summed E-state index contributed by atoms with van der Waals surface area (Å²) in [5.74, 6) is -0.437. The highest BCUT2D eigenvalue weighted by atomic mass is 32.1. The van der Waals surface area contributed by atoms with Crippen molar-refractivity contribution in [3.63, 3.8) is 0 Å². The molecule has 0 unspecified atom stereocenters. The van der Waals surface area contributed by atoms with Crippen molar-refractivity contribution in [2.45, 2.75) is 12.1 Å². The zero-order chi connectivity index (χ0) is 16.9. The normalized spacial score (nSPS) is 19.6. The van der Waals surface area contributed by atoms with Crippen molar-refractivity contribution < 1.29 is 14.3 Å². The Morgan fingerprint density at radius 2 is 2.17 bits per heavy atom. The highest BCUT2D eigenvalue weighted by Crippen LogP contribution is 2.29. The standard InChI is InChI=1S/C16H18N4O3S/c17-16(22)19-14(21)13(11-4-2-1-3-5-11)20-7-8-23-12(10-20)15-18-6-9-24-15/h1-6,9,12-13H,7-8,10H2,(H3,17,19,21,22)/t12-,13-/m1/s1. The van der Waals surface area contributed by atoms with Crippen LogP contribution in [-0.4, -0.2) is 41.5 Å². The Bertz CT molecular complexity index is 693. The molecule has 1 aromatic carbocycles. The van der Waals surface area contributed by atoms with Crippen LogP contribution < -0.4 is 11.1 Å². The first-order chi connectivity index (χ1) is 11.6. The Kier molecular flexibility index (Phi) is 5.19. The molecule has 126 valence electrons. The van der Waals surface area contributed by atoms with Crippen molar-refractivity contribution in [1.29, 1.82) is 0 Å². The second-order valence-electron chi connectivity index (χ2n) is 5.39. The maximum Gasteiger partial charge on any atom is 0.318 e. The fourth-order valence-electron chi connectivity index (χ4n) is 2.80. The molecule has 0 saturated carbocycles. The molecule has 3 amide bonds. The highest BCUT2D eigenvalue weighted by molar-refractivity contribution is 7.09. The molecular weight excluding hydrogens is 328 g/mol. The summed E-state index contributed by atoms with van der Waals surface area (Å²) in [5.41, 5.74) is 5.92. The van der Waals surface area contributed by atoms with Crippen molar-refractivity contribution in [3.8, 4) is 0 Å². The molecule has 0 spiro atoms. The summed E-state index contributed by atoms with van der Waals surface area (Å²) in [7, 11) is 0. The SMILES string of the molecule is NC(=O)NC(=O)[C@@H](c1ccccc1)N1CCO[C@@H](c2nccs2)C1. The number of rotatable bonds is 4. The van der Waals surface area contributed by atoms with Gasteiger partial charge >= 0.3 is 6.03 Å². The minimum Gasteiger partial charge on any atom is -0.368 e. The maximum atomic E-state index is 12.5. The molecule has 3 rings (SSSR count). The predicted molar refractivity (Wildman–Crippen MR) is 89.3 cm³/mol. The Morgan fingerprint density at radius 1 is 1.38 bits per heavy atom. The molecule has 7 nitrogen and oxygen atoms in total. The van der Waals surface area contributed by atoms with Gasteiger partial charge in [0.1, 0.15) is 17.2 Å². The van der Waals surface area contributed by atoms with Gasteiger partial charge in [-0.05, 0) is 5.56 Å². The lowest BCUT2D eigenvalue weighted by Crippen LogP contribution is -2.48. The number of primary amides is 1. The number of benzene rings is 1. The topological polar surface area (TPSA) is 97.5 Å². The average molecular weight is 346 g/mol. The van der Waals surface area contributed by atoms with Gasteiger partial charge in [-0.25, -0.2) is 9.78 Å². The van der Waals surface area contributed by atoms with Gasteiger partial charge in [0.05, 0.1) is 6.61 Å². The maximum absolute atomic E-state index is 12.5. The van der Waals surface area contributed by atoms with Gasteiger partial charge in [-0.2, -0.15) is 0 Å². The monoisotopic (exact) mass is 346 g/mol. The first-order valence-corrected chi connectivity index (χ1v) is 8.43. The van der Waals surface area contributed by atoms with Gasteiger partial charge in [-0.3, -0.25) is 15.0 Å². The molecule has 0 bridgehead atoms. The van der Waals surface area contributed by atoms with Crippen LogP contribution in [-0.2, 0) is 9.53 Å². The fourth-order valence-corrected chi connectivity index (χ4v) is 3.48. The lowest BCUT2D eigenvalue weighted by molar-refractivity contribution is -0.129. The van der Waals surface area contributed by atoms with Crippen molar-refractivity contribution >= 4 is 23.3 Å². The summed E-state index contributed by atoms with van der Waals surface area (Å²) in [6.07, 6.45) is 1.54. The fraction of sp³-hybridized carbons (Fsp3) is 0.312. The number of ether oxygens (including phenoxy) is 1. The van der Waals surface area contributed by atoms with Crippen LogP contribution >= 0.6 is 11.3 Å². The number of nitrogens with one attached hydrogen (secondary N) is 1. The predicted octanol–water partition coefficient (Wildman–Crippen LogP) is 1.45. The number of carbonyl (C=O) groups excluding carboxylic acids is 2. The average Bonchev–Trinajstić information content (AvgIpc) is 3.10. The third-order valence-corrected chi connectivity index (χ3v) is 4.67. The van der Waals surface area contributed by atoms with Crippen LogP contribution in [0.15, 0.2) is 41.9 Å². The quantitative estimate of drug-likeness (QED) is 0.873. The molecule has 3 N–H and O–H groups in total. The molecule has 24 heavy (non-hydrogen) atoms. The second kappa shape index (κ2) is 7.52. The van der Waals surface area contributed by atoms with Crippen LogP contribution in [0.25, 0.3) is 0 Å². The molecule has 1 saturated heterocycles. The molecule has 2 heterocycles. The highest BCUT2D eigenvalue weighted by Gasteiger charge is 2.33. The Balaban J connectivity index is 1.84. The van der Waals surface area contributed by atoms with E-state index >= 15 is 0 Å². The van der Waals surface area contributed by atoms with E-state index in [1.165, 1.54) is 11.3 Å². The number of thiazole rings is 1. The zero-order valence-electron chi connectivity index (χ0n) is 12.9. The smallest absolute Gasteiger partial charge is 0.318 e. The van der Waals surface area contributed by atoms with E-state index in [0.717, 1.165) is 10.6 Å². The number of amides is 3. The Labute approximate surface area is 143 Å². The number of hydrogen-bond donors (Lipinski definition) is 2. The van der Waals surface area contributed by atoms with Gasteiger partial charge in [0, 0.05) is 24.7 Å². The molecule has 1 aliphatic rings. The molecule has 0 radical (unpaired) electrons. The van der Waals surface area contributed by atoms with Crippen molar-refractivity contribution in [3.05, 3.63) is 52.5 Å². The van der Waals surface area contributed by atoms with Gasteiger partial charge in [0.2, 0.25) is 5.91 Å². The third-order valence-electron chi connectivity index (χ3n) is 3.80. The van der Waals surface area contributed by atoms with Crippen LogP contribution in [0.2, 0.25) is 0 Å². The van der Waals surface area contributed by atoms with E-state index in [1.54, 1.807) is 6.20 Å². The van der Waals surface area contributed by atoms with Gasteiger partial charge in [-0.1, -0.05) is 30.3 Å². The summed E-state index contributed by atoms with van der Waals surface area (Å²) in [6.45, 7) is 1.57. The number of nitrogens with zero attached hydrogens (tertiary/aromatic N) is 2. The summed E-state index contributed by atoms with van der Waals surface area (Å²) in [6, 6.07) is 7.86. The number of carbonyl (C=O) groups is 2. The lowest BCUT2D eigenvalue weighted by Gasteiger charge is -2.36. The van der Waals surface area contributed by atoms with E-state index in [2.05, 4.69) is 10.3 Å². The van der Waals surface area contributed by atoms with Crippen LogP contribution in [0.5, 0.6) is 0 Å². The van der Waals surface area contributed by atoms with E-state index in [9.17, 15) is 9.59 Å². The number of nitrogens with two attached hydrogens (primary N) is 1. The summed E-state index contributed by atoms with van der Waals surface area (Å²) >= 11 is 1.52. The second-order valence-corrected chi connectivity index (χ2v) is 6.32. The van der Waals surface area contributed by atoms with Gasteiger partial charge in [0.15, 0.2) is 0 Å². The number of aromatic nitrogens is 1. The van der Waals surface area contributed by atoms with Crippen LogP contribution in [0, 0.1) is 0 Å². The molecule has 1 fully saturated rings. The largest absolute Gasteiger partial charge is 0.368 e. The van der Waals surface area contributed by atoms with Gasteiger partial charge in [0.25, 0.3) is 0 Å².